The molecule has 1 aliphatic heterocycles. The summed E-state index contributed by atoms with van der Waals surface area (Å²) < 4.78 is 0. The van der Waals surface area contributed by atoms with Gasteiger partial charge in [-0.25, -0.2) is 4.90 Å². The molecular weight excluding hydrogens is 422 g/mol. The molecule has 0 saturated heterocycles. The van der Waals surface area contributed by atoms with Crippen molar-refractivity contribution in [3.63, 3.8) is 0 Å². The van der Waals surface area contributed by atoms with Crippen LogP contribution in [-0.2, 0) is 9.59 Å². The molecule has 1 heterocycles. The van der Waals surface area contributed by atoms with Crippen LogP contribution in [-0.4, -0.2) is 25.9 Å². The SMILES string of the molecule is Cc1ccc(C)c(N2C(=O)C(Nc3ccc(N(C)C)cc3)=C(c3ccc(Cl)cc3)C2=O)c1. The number of nitrogens with one attached hydrogen (secondary N) is 1. The van der Waals surface area contributed by atoms with Crippen LogP contribution in [0.25, 0.3) is 5.57 Å². The zero-order valence-corrected chi connectivity index (χ0v) is 19.2. The number of hydrogen-bond acceptors (Lipinski definition) is 4. The van der Waals surface area contributed by atoms with E-state index in [4.69, 9.17) is 11.6 Å². The minimum Gasteiger partial charge on any atom is -0.378 e. The van der Waals surface area contributed by atoms with Gasteiger partial charge in [0.1, 0.15) is 5.70 Å². The third-order valence-corrected chi connectivity index (χ3v) is 5.73. The highest BCUT2D eigenvalue weighted by Gasteiger charge is 2.40. The number of carbonyl (C=O) groups is 2. The molecule has 0 fully saturated rings. The number of anilines is 3. The molecule has 0 aromatic heterocycles. The van der Waals surface area contributed by atoms with E-state index in [-0.39, 0.29) is 17.5 Å². The highest BCUT2D eigenvalue weighted by Crippen LogP contribution is 2.36. The lowest BCUT2D eigenvalue weighted by Gasteiger charge is -2.18. The predicted molar refractivity (Wildman–Crippen MR) is 131 cm³/mol. The first-order chi connectivity index (χ1) is 15.3. The van der Waals surface area contributed by atoms with Crippen LogP contribution in [0.2, 0.25) is 5.02 Å². The van der Waals surface area contributed by atoms with Crippen molar-refractivity contribution in [2.75, 3.05) is 29.2 Å². The molecule has 3 aromatic rings. The van der Waals surface area contributed by atoms with Gasteiger partial charge in [0.2, 0.25) is 0 Å². The van der Waals surface area contributed by atoms with Crippen LogP contribution >= 0.6 is 11.6 Å². The Morgan fingerprint density at radius 3 is 2.12 bits per heavy atom. The van der Waals surface area contributed by atoms with Gasteiger partial charge in [-0.15, -0.1) is 0 Å². The van der Waals surface area contributed by atoms with E-state index in [1.165, 1.54) is 4.90 Å². The van der Waals surface area contributed by atoms with Gasteiger partial charge in [0, 0.05) is 30.5 Å². The first kappa shape index (κ1) is 21.7. The summed E-state index contributed by atoms with van der Waals surface area (Å²) in [6.07, 6.45) is 0. The van der Waals surface area contributed by atoms with E-state index in [1.54, 1.807) is 24.3 Å². The second-order valence-electron chi connectivity index (χ2n) is 8.06. The smallest absolute Gasteiger partial charge is 0.282 e. The average molecular weight is 446 g/mol. The Morgan fingerprint density at radius 1 is 0.844 bits per heavy atom. The Hall–Kier alpha value is -3.57. The van der Waals surface area contributed by atoms with Crippen LogP contribution in [0.1, 0.15) is 16.7 Å². The third-order valence-electron chi connectivity index (χ3n) is 5.48. The number of halogens is 1. The van der Waals surface area contributed by atoms with Crippen LogP contribution in [0, 0.1) is 13.8 Å². The number of hydrogen-bond donors (Lipinski definition) is 1. The van der Waals surface area contributed by atoms with E-state index >= 15 is 0 Å². The molecule has 4 rings (SSSR count). The molecular formula is C26H24ClN3O2. The minimum absolute atomic E-state index is 0.246. The lowest BCUT2D eigenvalue weighted by atomic mass is 10.0. The molecule has 0 unspecified atom stereocenters. The second-order valence-corrected chi connectivity index (χ2v) is 8.50. The molecule has 3 aromatic carbocycles. The van der Waals surface area contributed by atoms with Gasteiger partial charge in [0.05, 0.1) is 11.3 Å². The molecule has 6 heteroatoms. The number of aryl methyl sites for hydroxylation is 2. The van der Waals surface area contributed by atoms with E-state index in [1.807, 2.05) is 75.3 Å². The van der Waals surface area contributed by atoms with Crippen molar-refractivity contribution in [1.29, 1.82) is 0 Å². The highest BCUT2D eigenvalue weighted by atomic mass is 35.5. The molecule has 1 N–H and O–H groups in total. The van der Waals surface area contributed by atoms with Crippen molar-refractivity contribution < 1.29 is 9.59 Å². The Kier molecular flexibility index (Phi) is 5.76. The molecule has 1 aliphatic rings. The predicted octanol–water partition coefficient (Wildman–Crippen LogP) is 5.42. The molecule has 0 radical (unpaired) electrons. The number of rotatable bonds is 5. The summed E-state index contributed by atoms with van der Waals surface area (Å²) in [6.45, 7) is 3.83. The van der Waals surface area contributed by atoms with Crippen molar-refractivity contribution in [2.24, 2.45) is 0 Å². The summed E-state index contributed by atoms with van der Waals surface area (Å²) in [5.41, 5.74) is 5.37. The number of amides is 2. The Balaban J connectivity index is 1.81. The van der Waals surface area contributed by atoms with Crippen molar-refractivity contribution in [3.05, 3.63) is 94.1 Å². The lowest BCUT2D eigenvalue weighted by molar-refractivity contribution is -0.120. The van der Waals surface area contributed by atoms with E-state index < -0.39 is 0 Å². The third kappa shape index (κ3) is 3.99. The Labute approximate surface area is 192 Å². The van der Waals surface area contributed by atoms with Crippen molar-refractivity contribution >= 4 is 46.1 Å². The van der Waals surface area contributed by atoms with Crippen molar-refractivity contribution in [2.45, 2.75) is 13.8 Å². The van der Waals surface area contributed by atoms with E-state index in [0.717, 1.165) is 22.5 Å². The van der Waals surface area contributed by atoms with Gasteiger partial charge in [0.15, 0.2) is 0 Å². The molecule has 2 amide bonds. The van der Waals surface area contributed by atoms with Crippen LogP contribution in [0.3, 0.4) is 0 Å². The quantitative estimate of drug-likeness (QED) is 0.533. The molecule has 0 bridgehead atoms. The largest absolute Gasteiger partial charge is 0.378 e. The first-order valence-electron chi connectivity index (χ1n) is 10.3. The average Bonchev–Trinajstić information content (AvgIpc) is 3.00. The molecule has 0 aliphatic carbocycles. The summed E-state index contributed by atoms with van der Waals surface area (Å²) in [5, 5.41) is 3.76. The fraction of sp³-hybridized carbons (Fsp3) is 0.154. The first-order valence-corrected chi connectivity index (χ1v) is 10.6. The molecule has 0 atom stereocenters. The fourth-order valence-corrected chi connectivity index (χ4v) is 3.82. The molecule has 32 heavy (non-hydrogen) atoms. The van der Waals surface area contributed by atoms with Crippen molar-refractivity contribution in [1.82, 2.24) is 0 Å². The van der Waals surface area contributed by atoms with Gasteiger partial charge < -0.3 is 10.2 Å². The van der Waals surface area contributed by atoms with Crippen LogP contribution in [0.15, 0.2) is 72.4 Å². The van der Waals surface area contributed by atoms with Crippen LogP contribution in [0.5, 0.6) is 0 Å². The second kappa shape index (κ2) is 8.52. The molecule has 5 nitrogen and oxygen atoms in total. The van der Waals surface area contributed by atoms with Gasteiger partial charge in [0.25, 0.3) is 11.8 Å². The van der Waals surface area contributed by atoms with Gasteiger partial charge in [-0.2, -0.15) is 0 Å². The van der Waals surface area contributed by atoms with E-state index in [9.17, 15) is 9.59 Å². The standard InChI is InChI=1S/C26H24ClN3O2/c1-16-5-6-17(2)22(15-16)30-25(31)23(18-7-9-19(27)10-8-18)24(26(30)32)28-20-11-13-21(14-12-20)29(3)4/h5-15,28H,1-4H3. The summed E-state index contributed by atoms with van der Waals surface area (Å²) >= 11 is 6.05. The number of carbonyl (C=O) groups excluding carboxylic acids is 2. The van der Waals surface area contributed by atoms with E-state index in [2.05, 4.69) is 5.32 Å². The van der Waals surface area contributed by atoms with Crippen molar-refractivity contribution in [3.8, 4) is 0 Å². The molecule has 0 saturated carbocycles. The highest BCUT2D eigenvalue weighted by molar-refractivity contribution is 6.46. The summed E-state index contributed by atoms with van der Waals surface area (Å²) in [6, 6.07) is 20.4. The summed E-state index contributed by atoms with van der Waals surface area (Å²) in [5.74, 6) is -0.747. The number of benzene rings is 3. The fourth-order valence-electron chi connectivity index (χ4n) is 3.70. The number of nitrogens with zero attached hydrogens (tertiary/aromatic N) is 2. The normalized spacial score (nSPS) is 13.7. The maximum absolute atomic E-state index is 13.6. The van der Waals surface area contributed by atoms with Gasteiger partial charge in [-0.3, -0.25) is 9.59 Å². The summed E-state index contributed by atoms with van der Waals surface area (Å²) in [7, 11) is 3.93. The lowest BCUT2D eigenvalue weighted by Crippen LogP contribution is -2.33. The molecule has 0 spiro atoms. The zero-order valence-electron chi connectivity index (χ0n) is 18.4. The molecule has 162 valence electrons. The maximum Gasteiger partial charge on any atom is 0.282 e. The summed E-state index contributed by atoms with van der Waals surface area (Å²) in [4.78, 5) is 30.4. The monoisotopic (exact) mass is 445 g/mol. The van der Waals surface area contributed by atoms with E-state index in [0.29, 0.717) is 21.8 Å². The Morgan fingerprint density at radius 2 is 1.50 bits per heavy atom. The number of imide groups is 1. The topological polar surface area (TPSA) is 52.7 Å². The van der Waals surface area contributed by atoms with Crippen LogP contribution < -0.4 is 15.1 Å². The van der Waals surface area contributed by atoms with Gasteiger partial charge in [-0.1, -0.05) is 35.9 Å². The van der Waals surface area contributed by atoms with Gasteiger partial charge >= 0.3 is 0 Å². The Bertz CT molecular complexity index is 1230. The zero-order chi connectivity index (χ0) is 23.0. The maximum atomic E-state index is 13.6. The minimum atomic E-state index is -0.384. The van der Waals surface area contributed by atoms with Crippen LogP contribution in [0.4, 0.5) is 17.1 Å². The van der Waals surface area contributed by atoms with Gasteiger partial charge in [-0.05, 0) is 73.0 Å².